The van der Waals surface area contributed by atoms with Crippen molar-refractivity contribution in [1.82, 2.24) is 0 Å². The fourth-order valence-electron chi connectivity index (χ4n) is 1.37. The van der Waals surface area contributed by atoms with Gasteiger partial charge in [-0.2, -0.15) is 0 Å². The van der Waals surface area contributed by atoms with E-state index in [2.05, 4.69) is 0 Å². The number of hydrogen-bond donors (Lipinski definition) is 0. The summed E-state index contributed by atoms with van der Waals surface area (Å²) in [6.45, 7) is 4.90. The van der Waals surface area contributed by atoms with E-state index < -0.39 is 0 Å². The summed E-state index contributed by atoms with van der Waals surface area (Å²) in [5.41, 5.74) is 1.15. The number of Topliss-reactive ketones (excluding diaryl/α,β-unsaturated/α-hetero) is 1. The van der Waals surface area contributed by atoms with Gasteiger partial charge in [-0.25, -0.2) is 0 Å². The zero-order valence-electron chi connectivity index (χ0n) is 9.40. The zero-order chi connectivity index (χ0) is 11.1. The normalized spacial score (nSPS) is 12.4. The van der Waals surface area contributed by atoms with Crippen LogP contribution in [0.25, 0.3) is 0 Å². The summed E-state index contributed by atoms with van der Waals surface area (Å²) in [4.78, 5) is 11.3. The highest BCUT2D eigenvalue weighted by atomic mass is 16.5. The molecule has 1 aromatic carbocycles. The van der Waals surface area contributed by atoms with E-state index in [9.17, 15) is 4.79 Å². The summed E-state index contributed by atoms with van der Waals surface area (Å²) in [7, 11) is 0. The molecule has 0 saturated carbocycles. The number of carbonyl (C=O) groups is 1. The van der Waals surface area contributed by atoms with Gasteiger partial charge in [0.15, 0.2) is 0 Å². The Hall–Kier alpha value is -1.15. The van der Waals surface area contributed by atoms with E-state index in [0.717, 1.165) is 5.56 Å². The molecular weight excluding hydrogens is 188 g/mol. The molecule has 0 heterocycles. The molecule has 1 aromatic rings. The van der Waals surface area contributed by atoms with E-state index in [1.54, 1.807) is 0 Å². The van der Waals surface area contributed by atoms with Crippen molar-refractivity contribution in [2.45, 2.75) is 26.9 Å². The molecule has 0 aromatic heterocycles. The molecule has 0 bridgehead atoms. The molecule has 0 fully saturated rings. The lowest BCUT2D eigenvalue weighted by atomic mass is 10.1. The summed E-state index contributed by atoms with van der Waals surface area (Å²) in [6.07, 6.45) is 0.593. The summed E-state index contributed by atoms with van der Waals surface area (Å²) in [5, 5.41) is 0. The van der Waals surface area contributed by atoms with Crippen molar-refractivity contribution in [1.29, 1.82) is 0 Å². The smallest absolute Gasteiger partial charge is 0.137 e. The molecule has 82 valence electrons. The van der Waals surface area contributed by atoms with Gasteiger partial charge < -0.3 is 4.74 Å². The standard InChI is InChI=1S/C13H18O2/c1-3-13(14)11(2)9-15-10-12-7-5-4-6-8-12/h4-8,11H,3,9-10H2,1-2H3/t11-/m1/s1. The quantitative estimate of drug-likeness (QED) is 0.715. The molecule has 2 heteroatoms. The van der Waals surface area contributed by atoms with E-state index in [1.807, 2.05) is 44.2 Å². The number of carbonyl (C=O) groups excluding carboxylic acids is 1. The molecule has 0 spiro atoms. The molecule has 0 radical (unpaired) electrons. The Morgan fingerprint density at radius 3 is 2.60 bits per heavy atom. The second-order valence-corrected chi connectivity index (χ2v) is 3.72. The number of ether oxygens (including phenoxy) is 1. The fourth-order valence-corrected chi connectivity index (χ4v) is 1.37. The molecule has 0 amide bonds. The Balaban J connectivity index is 2.25. The lowest BCUT2D eigenvalue weighted by molar-refractivity contribution is -0.124. The minimum Gasteiger partial charge on any atom is -0.376 e. The molecule has 15 heavy (non-hydrogen) atoms. The van der Waals surface area contributed by atoms with Crippen molar-refractivity contribution < 1.29 is 9.53 Å². The first-order chi connectivity index (χ1) is 7.24. The summed E-state index contributed by atoms with van der Waals surface area (Å²) in [6, 6.07) is 9.99. The van der Waals surface area contributed by atoms with Crippen molar-refractivity contribution in [2.24, 2.45) is 5.92 Å². The molecule has 2 nitrogen and oxygen atoms in total. The van der Waals surface area contributed by atoms with Crippen molar-refractivity contribution in [3.63, 3.8) is 0 Å². The van der Waals surface area contributed by atoms with Gasteiger partial charge in [-0.1, -0.05) is 44.2 Å². The molecule has 0 aliphatic rings. The minimum atomic E-state index is 0.0127. The summed E-state index contributed by atoms with van der Waals surface area (Å²) < 4.78 is 5.48. The van der Waals surface area contributed by atoms with Crippen LogP contribution in [0.2, 0.25) is 0 Å². The van der Waals surface area contributed by atoms with Gasteiger partial charge in [0.1, 0.15) is 5.78 Å². The molecule has 1 atom stereocenters. The van der Waals surface area contributed by atoms with Gasteiger partial charge in [0.25, 0.3) is 0 Å². The molecule has 0 unspecified atom stereocenters. The third-order valence-electron chi connectivity index (χ3n) is 2.38. The maximum absolute atomic E-state index is 11.3. The van der Waals surface area contributed by atoms with Gasteiger partial charge in [0, 0.05) is 12.3 Å². The van der Waals surface area contributed by atoms with Gasteiger partial charge in [-0.3, -0.25) is 4.79 Å². The van der Waals surface area contributed by atoms with Crippen molar-refractivity contribution in [3.05, 3.63) is 35.9 Å². The topological polar surface area (TPSA) is 26.3 Å². The molecule has 1 rings (SSSR count). The van der Waals surface area contributed by atoms with E-state index in [0.29, 0.717) is 19.6 Å². The van der Waals surface area contributed by atoms with Gasteiger partial charge in [-0.05, 0) is 5.56 Å². The number of benzene rings is 1. The van der Waals surface area contributed by atoms with Crippen LogP contribution in [0.4, 0.5) is 0 Å². The first-order valence-corrected chi connectivity index (χ1v) is 5.38. The van der Waals surface area contributed by atoms with Crippen LogP contribution in [0.1, 0.15) is 25.8 Å². The van der Waals surface area contributed by atoms with Crippen LogP contribution in [0.5, 0.6) is 0 Å². The number of rotatable bonds is 6. The highest BCUT2D eigenvalue weighted by molar-refractivity contribution is 5.80. The van der Waals surface area contributed by atoms with Crippen LogP contribution in [0, 0.1) is 5.92 Å². The van der Waals surface area contributed by atoms with E-state index in [-0.39, 0.29) is 11.7 Å². The minimum absolute atomic E-state index is 0.0127. The second kappa shape index (κ2) is 6.36. The monoisotopic (exact) mass is 206 g/mol. The van der Waals surface area contributed by atoms with E-state index in [1.165, 1.54) is 0 Å². The average molecular weight is 206 g/mol. The Bertz CT molecular complexity index is 293. The third kappa shape index (κ3) is 4.26. The van der Waals surface area contributed by atoms with Crippen LogP contribution in [0.15, 0.2) is 30.3 Å². The Morgan fingerprint density at radius 1 is 1.33 bits per heavy atom. The molecule has 0 saturated heterocycles. The first-order valence-electron chi connectivity index (χ1n) is 5.38. The summed E-state index contributed by atoms with van der Waals surface area (Å²) in [5.74, 6) is 0.279. The summed E-state index contributed by atoms with van der Waals surface area (Å²) >= 11 is 0. The molecular formula is C13H18O2. The van der Waals surface area contributed by atoms with Crippen molar-refractivity contribution >= 4 is 5.78 Å². The lowest BCUT2D eigenvalue weighted by Crippen LogP contribution is -2.15. The highest BCUT2D eigenvalue weighted by Crippen LogP contribution is 2.05. The van der Waals surface area contributed by atoms with Gasteiger partial charge in [0.05, 0.1) is 13.2 Å². The van der Waals surface area contributed by atoms with Crippen molar-refractivity contribution in [3.8, 4) is 0 Å². The first kappa shape index (κ1) is 11.9. The predicted molar refractivity (Wildman–Crippen MR) is 60.6 cm³/mol. The van der Waals surface area contributed by atoms with Gasteiger partial charge >= 0.3 is 0 Å². The highest BCUT2D eigenvalue weighted by Gasteiger charge is 2.10. The Morgan fingerprint density at radius 2 is 2.00 bits per heavy atom. The van der Waals surface area contributed by atoms with Gasteiger partial charge in [0.2, 0.25) is 0 Å². The van der Waals surface area contributed by atoms with Gasteiger partial charge in [-0.15, -0.1) is 0 Å². The third-order valence-corrected chi connectivity index (χ3v) is 2.38. The van der Waals surface area contributed by atoms with Crippen LogP contribution in [0.3, 0.4) is 0 Å². The van der Waals surface area contributed by atoms with Crippen LogP contribution < -0.4 is 0 Å². The van der Waals surface area contributed by atoms with Crippen LogP contribution in [-0.2, 0) is 16.1 Å². The van der Waals surface area contributed by atoms with E-state index >= 15 is 0 Å². The molecule has 0 aliphatic heterocycles. The Labute approximate surface area is 91.3 Å². The van der Waals surface area contributed by atoms with Crippen LogP contribution in [-0.4, -0.2) is 12.4 Å². The Kier molecular flexibility index (Phi) is 5.05. The van der Waals surface area contributed by atoms with Crippen molar-refractivity contribution in [2.75, 3.05) is 6.61 Å². The second-order valence-electron chi connectivity index (χ2n) is 3.72. The number of hydrogen-bond acceptors (Lipinski definition) is 2. The maximum atomic E-state index is 11.3. The van der Waals surface area contributed by atoms with Crippen LogP contribution >= 0.6 is 0 Å². The average Bonchev–Trinajstić information content (AvgIpc) is 2.29. The maximum Gasteiger partial charge on any atom is 0.137 e. The predicted octanol–water partition coefficient (Wildman–Crippen LogP) is 2.82. The fraction of sp³-hybridized carbons (Fsp3) is 0.462. The van der Waals surface area contributed by atoms with E-state index in [4.69, 9.17) is 4.74 Å². The molecule has 0 N–H and O–H groups in total. The molecule has 0 aliphatic carbocycles. The number of ketones is 1. The largest absolute Gasteiger partial charge is 0.376 e. The SMILES string of the molecule is CCC(=O)[C@H](C)COCc1ccccc1. The lowest BCUT2D eigenvalue weighted by Gasteiger charge is -2.09. The zero-order valence-corrected chi connectivity index (χ0v) is 9.40.